The maximum absolute atomic E-state index is 11.6. The molecule has 0 heterocycles. The Labute approximate surface area is 80.7 Å². The highest BCUT2D eigenvalue weighted by Gasteiger charge is 2.42. The van der Waals surface area contributed by atoms with Crippen molar-refractivity contribution < 1.29 is 9.53 Å². The van der Waals surface area contributed by atoms with Crippen LogP contribution in [0.25, 0.3) is 0 Å². The molecule has 13 heavy (non-hydrogen) atoms. The fraction of sp³-hybridized carbons (Fsp3) is 0.909. The van der Waals surface area contributed by atoms with Crippen molar-refractivity contribution in [3.8, 4) is 0 Å². The van der Waals surface area contributed by atoms with Crippen LogP contribution in [0.3, 0.4) is 0 Å². The van der Waals surface area contributed by atoms with Crippen molar-refractivity contribution in [3.05, 3.63) is 0 Å². The zero-order valence-electron chi connectivity index (χ0n) is 8.93. The number of hydrogen-bond donors (Lipinski definition) is 0. The van der Waals surface area contributed by atoms with E-state index in [-0.39, 0.29) is 5.78 Å². The second-order valence-corrected chi connectivity index (χ2v) is 4.03. The lowest BCUT2D eigenvalue weighted by Gasteiger charge is -2.40. The topological polar surface area (TPSA) is 26.3 Å². The van der Waals surface area contributed by atoms with E-state index in [1.165, 1.54) is 6.42 Å². The van der Waals surface area contributed by atoms with Crippen LogP contribution in [-0.4, -0.2) is 18.0 Å². The summed E-state index contributed by atoms with van der Waals surface area (Å²) in [4.78, 5) is 11.6. The standard InChI is InChI=1S/C11H20O2/c1-4-13-11(10(3)12)8-6-5-7-9(11)2/h9H,4-8H2,1-3H3. The molecule has 0 aromatic carbocycles. The second-order valence-electron chi connectivity index (χ2n) is 4.03. The summed E-state index contributed by atoms with van der Waals surface area (Å²) < 4.78 is 5.69. The summed E-state index contributed by atoms with van der Waals surface area (Å²) in [6, 6.07) is 0. The summed E-state index contributed by atoms with van der Waals surface area (Å²) in [7, 11) is 0. The minimum atomic E-state index is -0.451. The van der Waals surface area contributed by atoms with Gasteiger partial charge in [0.15, 0.2) is 5.78 Å². The highest BCUT2D eigenvalue weighted by atomic mass is 16.5. The van der Waals surface area contributed by atoms with Crippen LogP contribution in [0.4, 0.5) is 0 Å². The Hall–Kier alpha value is -0.370. The number of rotatable bonds is 3. The van der Waals surface area contributed by atoms with Gasteiger partial charge in [-0.2, -0.15) is 0 Å². The van der Waals surface area contributed by atoms with E-state index in [4.69, 9.17) is 4.74 Å². The number of ether oxygens (including phenoxy) is 1. The Morgan fingerprint density at radius 1 is 1.54 bits per heavy atom. The molecule has 0 aromatic rings. The van der Waals surface area contributed by atoms with Crippen LogP contribution in [0.2, 0.25) is 0 Å². The van der Waals surface area contributed by atoms with Crippen LogP contribution < -0.4 is 0 Å². The first-order valence-electron chi connectivity index (χ1n) is 5.28. The molecule has 0 spiro atoms. The van der Waals surface area contributed by atoms with Gasteiger partial charge in [-0.25, -0.2) is 0 Å². The van der Waals surface area contributed by atoms with Crippen LogP contribution in [-0.2, 0) is 9.53 Å². The molecule has 2 unspecified atom stereocenters. The predicted molar refractivity (Wildman–Crippen MR) is 52.7 cm³/mol. The van der Waals surface area contributed by atoms with Gasteiger partial charge in [0.25, 0.3) is 0 Å². The third-order valence-corrected chi connectivity index (χ3v) is 3.23. The molecule has 0 aromatic heterocycles. The molecule has 76 valence electrons. The van der Waals surface area contributed by atoms with E-state index >= 15 is 0 Å². The summed E-state index contributed by atoms with van der Waals surface area (Å²) in [6.45, 7) is 6.41. The smallest absolute Gasteiger partial charge is 0.161 e. The number of carbonyl (C=O) groups is 1. The Morgan fingerprint density at radius 2 is 2.23 bits per heavy atom. The van der Waals surface area contributed by atoms with Gasteiger partial charge < -0.3 is 4.74 Å². The molecule has 1 aliphatic carbocycles. The molecule has 0 aliphatic heterocycles. The summed E-state index contributed by atoms with van der Waals surface area (Å²) in [5.41, 5.74) is -0.451. The third kappa shape index (κ3) is 1.93. The number of hydrogen-bond acceptors (Lipinski definition) is 2. The lowest BCUT2D eigenvalue weighted by atomic mass is 9.74. The minimum absolute atomic E-state index is 0.210. The summed E-state index contributed by atoms with van der Waals surface area (Å²) in [5, 5.41) is 0. The summed E-state index contributed by atoms with van der Waals surface area (Å²) >= 11 is 0. The molecular weight excluding hydrogens is 164 g/mol. The van der Waals surface area contributed by atoms with Crippen molar-refractivity contribution in [3.63, 3.8) is 0 Å². The van der Waals surface area contributed by atoms with Crippen molar-refractivity contribution in [2.75, 3.05) is 6.61 Å². The molecule has 1 fully saturated rings. The molecule has 2 nitrogen and oxygen atoms in total. The van der Waals surface area contributed by atoms with E-state index in [1.807, 2.05) is 6.92 Å². The van der Waals surface area contributed by atoms with E-state index in [1.54, 1.807) is 6.92 Å². The third-order valence-electron chi connectivity index (χ3n) is 3.23. The van der Waals surface area contributed by atoms with Crippen molar-refractivity contribution >= 4 is 5.78 Å². The van der Waals surface area contributed by atoms with Crippen molar-refractivity contribution in [2.45, 2.75) is 52.1 Å². The van der Waals surface area contributed by atoms with Gasteiger partial charge >= 0.3 is 0 Å². The fourth-order valence-electron chi connectivity index (χ4n) is 2.41. The van der Waals surface area contributed by atoms with E-state index < -0.39 is 5.60 Å². The molecule has 0 radical (unpaired) electrons. The molecule has 1 saturated carbocycles. The Kier molecular flexibility index (Phi) is 3.48. The Morgan fingerprint density at radius 3 is 2.69 bits per heavy atom. The zero-order valence-corrected chi connectivity index (χ0v) is 8.93. The Bertz CT molecular complexity index is 185. The summed E-state index contributed by atoms with van der Waals surface area (Å²) in [5.74, 6) is 0.597. The monoisotopic (exact) mass is 184 g/mol. The van der Waals surface area contributed by atoms with Gasteiger partial charge in [-0.1, -0.05) is 19.8 Å². The van der Waals surface area contributed by atoms with Gasteiger partial charge in [0, 0.05) is 6.61 Å². The van der Waals surface area contributed by atoms with Crippen LogP contribution in [0.15, 0.2) is 0 Å². The lowest BCUT2D eigenvalue weighted by molar-refractivity contribution is -0.155. The maximum Gasteiger partial charge on any atom is 0.161 e. The molecule has 0 bridgehead atoms. The molecular formula is C11H20O2. The first kappa shape index (κ1) is 10.7. The van der Waals surface area contributed by atoms with E-state index in [0.717, 1.165) is 19.3 Å². The SMILES string of the molecule is CCOC1(C(C)=O)CCCCC1C. The number of ketones is 1. The average Bonchev–Trinajstić information content (AvgIpc) is 2.09. The highest BCUT2D eigenvalue weighted by molar-refractivity contribution is 5.85. The van der Waals surface area contributed by atoms with Crippen molar-refractivity contribution in [2.24, 2.45) is 5.92 Å². The van der Waals surface area contributed by atoms with E-state index in [0.29, 0.717) is 12.5 Å². The van der Waals surface area contributed by atoms with Gasteiger partial charge in [-0.15, -0.1) is 0 Å². The molecule has 2 atom stereocenters. The molecule has 1 aliphatic rings. The van der Waals surface area contributed by atoms with Crippen molar-refractivity contribution in [1.82, 2.24) is 0 Å². The van der Waals surface area contributed by atoms with Crippen molar-refractivity contribution in [1.29, 1.82) is 0 Å². The quantitative estimate of drug-likeness (QED) is 0.673. The molecule has 0 amide bonds. The normalized spacial score (nSPS) is 34.5. The van der Waals surface area contributed by atoms with E-state index in [2.05, 4.69) is 6.92 Å². The molecule has 1 rings (SSSR count). The Balaban J connectivity index is 2.79. The molecule has 2 heteroatoms. The summed E-state index contributed by atoms with van der Waals surface area (Å²) in [6.07, 6.45) is 4.41. The largest absolute Gasteiger partial charge is 0.367 e. The highest BCUT2D eigenvalue weighted by Crippen LogP contribution is 2.37. The maximum atomic E-state index is 11.6. The van der Waals surface area contributed by atoms with Gasteiger partial charge in [0.1, 0.15) is 5.60 Å². The van der Waals surface area contributed by atoms with Crippen LogP contribution in [0.5, 0.6) is 0 Å². The van der Waals surface area contributed by atoms with E-state index in [9.17, 15) is 4.79 Å². The lowest BCUT2D eigenvalue weighted by Crippen LogP contribution is -2.48. The second kappa shape index (κ2) is 4.23. The van der Waals surface area contributed by atoms with Gasteiger partial charge in [0.05, 0.1) is 0 Å². The van der Waals surface area contributed by atoms with Crippen LogP contribution in [0.1, 0.15) is 46.5 Å². The number of carbonyl (C=O) groups excluding carboxylic acids is 1. The van der Waals surface area contributed by atoms with Gasteiger partial charge in [-0.3, -0.25) is 4.79 Å². The van der Waals surface area contributed by atoms with Crippen LogP contribution >= 0.6 is 0 Å². The van der Waals surface area contributed by atoms with Gasteiger partial charge in [-0.05, 0) is 32.6 Å². The first-order valence-corrected chi connectivity index (χ1v) is 5.28. The predicted octanol–water partition coefficient (Wildman–Crippen LogP) is 2.56. The minimum Gasteiger partial charge on any atom is -0.367 e. The first-order chi connectivity index (χ1) is 6.13. The fourth-order valence-corrected chi connectivity index (χ4v) is 2.41. The van der Waals surface area contributed by atoms with Gasteiger partial charge in [0.2, 0.25) is 0 Å². The van der Waals surface area contributed by atoms with Crippen LogP contribution in [0, 0.1) is 5.92 Å². The number of Topliss-reactive ketones (excluding diaryl/α,β-unsaturated/α-hetero) is 1. The zero-order chi connectivity index (χ0) is 9.90. The molecule has 0 saturated heterocycles. The average molecular weight is 184 g/mol. The molecule has 0 N–H and O–H groups in total.